The van der Waals surface area contributed by atoms with Gasteiger partial charge in [0.1, 0.15) is 5.56 Å². The first-order valence-corrected chi connectivity index (χ1v) is 8.70. The largest absolute Gasteiger partial charge is 0.392 e. The number of nitrogens with one attached hydrogen (secondary N) is 1. The Morgan fingerprint density at radius 2 is 1.85 bits per heavy atom. The first-order valence-electron chi connectivity index (χ1n) is 8.70. The van der Waals surface area contributed by atoms with E-state index in [0.29, 0.717) is 17.9 Å². The molecule has 26 heavy (non-hydrogen) atoms. The highest BCUT2D eigenvalue weighted by Crippen LogP contribution is 2.33. The number of aromatic nitrogens is 1. The number of aliphatic hydroxyl groups is 1. The van der Waals surface area contributed by atoms with Gasteiger partial charge in [0, 0.05) is 25.2 Å². The number of benzene rings is 1. The van der Waals surface area contributed by atoms with E-state index >= 15 is 0 Å². The maximum Gasteiger partial charge on any atom is 0.263 e. The van der Waals surface area contributed by atoms with Crippen molar-refractivity contribution < 1.29 is 14.7 Å². The maximum atomic E-state index is 12.7. The molecule has 1 aliphatic carbocycles. The van der Waals surface area contributed by atoms with Gasteiger partial charge in [-0.3, -0.25) is 14.4 Å². The molecule has 0 spiro atoms. The fraction of sp³-hybridized carbons (Fsp3) is 0.350. The Morgan fingerprint density at radius 3 is 2.42 bits per heavy atom. The molecule has 6 heteroatoms. The first kappa shape index (κ1) is 18.1. The normalized spacial score (nSPS) is 13.5. The molecular formula is C20H22N2O4. The Bertz CT molecular complexity index is 880. The molecule has 6 nitrogen and oxygen atoms in total. The summed E-state index contributed by atoms with van der Waals surface area (Å²) < 4.78 is 1.40. The van der Waals surface area contributed by atoms with Crippen molar-refractivity contribution in [2.24, 2.45) is 5.92 Å². The van der Waals surface area contributed by atoms with Gasteiger partial charge in [-0.05, 0) is 36.0 Å². The monoisotopic (exact) mass is 354 g/mol. The molecule has 136 valence electrons. The van der Waals surface area contributed by atoms with Crippen molar-refractivity contribution in [3.05, 3.63) is 69.1 Å². The molecule has 3 rings (SSSR count). The quantitative estimate of drug-likeness (QED) is 0.741. The molecule has 2 aromatic rings. The lowest BCUT2D eigenvalue weighted by molar-refractivity contribution is 0.0961. The van der Waals surface area contributed by atoms with Gasteiger partial charge in [-0.15, -0.1) is 0 Å². The van der Waals surface area contributed by atoms with Gasteiger partial charge >= 0.3 is 0 Å². The van der Waals surface area contributed by atoms with Crippen molar-refractivity contribution in [3.63, 3.8) is 0 Å². The number of amides is 1. The standard InChI is InChI=1S/C20H22N2O4/c1-21-19(25)17-9-16(18(24)8-13-2-3-13)11-22(20(17)26)10-14-4-6-15(12-23)7-5-14/h4-7,9,11,13,23H,2-3,8,10,12H2,1H3,(H,21,25). The second-order valence-corrected chi connectivity index (χ2v) is 6.70. The van der Waals surface area contributed by atoms with Gasteiger partial charge in [-0.1, -0.05) is 24.3 Å². The number of aliphatic hydroxyl groups excluding tert-OH is 1. The molecule has 0 bridgehead atoms. The van der Waals surface area contributed by atoms with Gasteiger partial charge in [0.2, 0.25) is 0 Å². The van der Waals surface area contributed by atoms with Crippen LogP contribution in [0.1, 0.15) is 51.1 Å². The van der Waals surface area contributed by atoms with Gasteiger partial charge < -0.3 is 15.0 Å². The van der Waals surface area contributed by atoms with E-state index in [1.54, 1.807) is 18.3 Å². The molecule has 0 radical (unpaired) electrons. The number of hydrogen-bond donors (Lipinski definition) is 2. The predicted octanol–water partition coefficient (Wildman–Crippen LogP) is 1.73. The van der Waals surface area contributed by atoms with E-state index in [-0.39, 0.29) is 24.5 Å². The summed E-state index contributed by atoms with van der Waals surface area (Å²) in [5, 5.41) is 11.6. The molecule has 1 fully saturated rings. The highest BCUT2D eigenvalue weighted by Gasteiger charge is 2.26. The molecule has 1 aromatic heterocycles. The average molecular weight is 354 g/mol. The third-order valence-corrected chi connectivity index (χ3v) is 4.61. The molecule has 1 heterocycles. The molecule has 0 aliphatic heterocycles. The minimum Gasteiger partial charge on any atom is -0.392 e. The van der Waals surface area contributed by atoms with Gasteiger partial charge in [0.05, 0.1) is 13.2 Å². The molecule has 0 saturated heterocycles. The second-order valence-electron chi connectivity index (χ2n) is 6.70. The summed E-state index contributed by atoms with van der Waals surface area (Å²) in [6.45, 7) is 0.200. The van der Waals surface area contributed by atoms with E-state index in [4.69, 9.17) is 5.11 Å². The third kappa shape index (κ3) is 4.08. The van der Waals surface area contributed by atoms with Crippen LogP contribution in [0.25, 0.3) is 0 Å². The number of hydrogen-bond acceptors (Lipinski definition) is 4. The SMILES string of the molecule is CNC(=O)c1cc(C(=O)CC2CC2)cn(Cc2ccc(CO)cc2)c1=O. The highest BCUT2D eigenvalue weighted by atomic mass is 16.3. The number of carbonyl (C=O) groups is 2. The number of pyridine rings is 1. The lowest BCUT2D eigenvalue weighted by Gasteiger charge is -2.11. The number of rotatable bonds is 7. The smallest absolute Gasteiger partial charge is 0.263 e. The molecule has 1 amide bonds. The summed E-state index contributed by atoms with van der Waals surface area (Å²) in [6, 6.07) is 8.59. The Kier molecular flexibility index (Phi) is 5.32. The van der Waals surface area contributed by atoms with Crippen molar-refractivity contribution in [1.82, 2.24) is 9.88 Å². The summed E-state index contributed by atoms with van der Waals surface area (Å²) in [7, 11) is 1.46. The minimum atomic E-state index is -0.500. The lowest BCUT2D eigenvalue weighted by atomic mass is 10.0. The van der Waals surface area contributed by atoms with E-state index in [1.807, 2.05) is 12.1 Å². The van der Waals surface area contributed by atoms with E-state index in [0.717, 1.165) is 24.0 Å². The van der Waals surface area contributed by atoms with Crippen LogP contribution < -0.4 is 10.9 Å². The van der Waals surface area contributed by atoms with Crippen LogP contribution in [0.4, 0.5) is 0 Å². The predicted molar refractivity (Wildman–Crippen MR) is 97.2 cm³/mol. The van der Waals surface area contributed by atoms with Crippen molar-refractivity contribution in [1.29, 1.82) is 0 Å². The Hall–Kier alpha value is -2.73. The number of Topliss-reactive ketones (excluding diaryl/α,β-unsaturated/α-hetero) is 1. The fourth-order valence-electron chi connectivity index (χ4n) is 2.85. The van der Waals surface area contributed by atoms with Crippen molar-refractivity contribution in [2.45, 2.75) is 32.4 Å². The molecule has 1 aliphatic rings. The molecule has 0 unspecified atom stereocenters. The van der Waals surface area contributed by atoms with Crippen LogP contribution in [-0.4, -0.2) is 28.4 Å². The van der Waals surface area contributed by atoms with Crippen molar-refractivity contribution in [2.75, 3.05) is 7.05 Å². The Labute approximate surface area is 151 Å². The zero-order chi connectivity index (χ0) is 18.7. The Morgan fingerprint density at radius 1 is 1.19 bits per heavy atom. The van der Waals surface area contributed by atoms with Crippen LogP contribution in [0, 0.1) is 5.92 Å². The van der Waals surface area contributed by atoms with Crippen LogP contribution in [0.15, 0.2) is 41.3 Å². The van der Waals surface area contributed by atoms with Crippen molar-refractivity contribution >= 4 is 11.7 Å². The zero-order valence-corrected chi connectivity index (χ0v) is 14.7. The van der Waals surface area contributed by atoms with Gasteiger partial charge in [-0.25, -0.2) is 0 Å². The van der Waals surface area contributed by atoms with Gasteiger partial charge in [0.25, 0.3) is 11.5 Å². The molecular weight excluding hydrogens is 332 g/mol. The summed E-state index contributed by atoms with van der Waals surface area (Å²) in [5.74, 6) is -0.111. The Balaban J connectivity index is 1.96. The zero-order valence-electron chi connectivity index (χ0n) is 14.7. The number of carbonyl (C=O) groups excluding carboxylic acids is 2. The summed E-state index contributed by atoms with van der Waals surface area (Å²) >= 11 is 0. The number of ketones is 1. The van der Waals surface area contributed by atoms with Crippen molar-refractivity contribution in [3.8, 4) is 0 Å². The fourth-order valence-corrected chi connectivity index (χ4v) is 2.85. The van der Waals surface area contributed by atoms with Crippen LogP contribution in [0.2, 0.25) is 0 Å². The van der Waals surface area contributed by atoms with Gasteiger partial charge in [-0.2, -0.15) is 0 Å². The minimum absolute atomic E-state index is 0.0267. The lowest BCUT2D eigenvalue weighted by Crippen LogP contribution is -2.32. The molecule has 1 saturated carbocycles. The summed E-state index contributed by atoms with van der Waals surface area (Å²) in [5.41, 5.74) is 1.56. The van der Waals surface area contributed by atoms with E-state index in [9.17, 15) is 14.4 Å². The highest BCUT2D eigenvalue weighted by molar-refractivity contribution is 6.00. The first-order chi connectivity index (χ1) is 12.5. The molecule has 0 atom stereocenters. The topological polar surface area (TPSA) is 88.4 Å². The van der Waals surface area contributed by atoms with Crippen LogP contribution in [0.3, 0.4) is 0 Å². The third-order valence-electron chi connectivity index (χ3n) is 4.61. The van der Waals surface area contributed by atoms with E-state index in [2.05, 4.69) is 5.32 Å². The van der Waals surface area contributed by atoms with Crippen LogP contribution >= 0.6 is 0 Å². The average Bonchev–Trinajstić information content (AvgIpc) is 3.47. The maximum absolute atomic E-state index is 12.7. The molecule has 1 aromatic carbocycles. The second kappa shape index (κ2) is 7.66. The summed E-state index contributed by atoms with van der Waals surface area (Å²) in [6.07, 6.45) is 4.12. The van der Waals surface area contributed by atoms with Crippen LogP contribution in [-0.2, 0) is 13.2 Å². The van der Waals surface area contributed by atoms with E-state index in [1.165, 1.54) is 17.7 Å². The van der Waals surface area contributed by atoms with E-state index < -0.39 is 11.5 Å². The molecule has 2 N–H and O–H groups in total. The van der Waals surface area contributed by atoms with Crippen LogP contribution in [0.5, 0.6) is 0 Å². The summed E-state index contributed by atoms with van der Waals surface area (Å²) in [4.78, 5) is 37.2. The number of nitrogens with zero attached hydrogens (tertiary/aromatic N) is 1. The van der Waals surface area contributed by atoms with Gasteiger partial charge in [0.15, 0.2) is 5.78 Å².